The molecule has 16 heavy (non-hydrogen) atoms. The molecular weight excluding hydrogens is 204 g/mol. The summed E-state index contributed by atoms with van der Waals surface area (Å²) in [5, 5.41) is 8.98. The van der Waals surface area contributed by atoms with Crippen molar-refractivity contribution < 1.29 is 14.6 Å². The number of rotatable bonds is 4. The predicted octanol–water partition coefficient (Wildman–Crippen LogP) is 2.96. The summed E-state index contributed by atoms with van der Waals surface area (Å²) in [4.78, 5) is 10.9. The topological polar surface area (TPSA) is 46.5 Å². The highest BCUT2D eigenvalue weighted by molar-refractivity contribution is 5.95. The van der Waals surface area contributed by atoms with Crippen LogP contribution >= 0.6 is 0 Å². The molecule has 3 nitrogen and oxygen atoms in total. The van der Waals surface area contributed by atoms with Crippen LogP contribution in [0.5, 0.6) is 5.75 Å². The maximum Gasteiger partial charge on any atom is 0.331 e. The van der Waals surface area contributed by atoms with E-state index in [1.807, 2.05) is 31.2 Å². The second-order valence-corrected chi connectivity index (χ2v) is 3.49. The number of hydrogen-bond donors (Lipinski definition) is 1. The lowest BCUT2D eigenvalue weighted by atomic mass is 9.98. The Bertz CT molecular complexity index is 419. The number of ether oxygens (including phenoxy) is 1. The molecule has 0 fully saturated rings. The first kappa shape index (κ1) is 12.3. The molecule has 0 amide bonds. The number of benzene rings is 1. The van der Waals surface area contributed by atoms with Gasteiger partial charge in [-0.15, -0.1) is 0 Å². The van der Waals surface area contributed by atoms with E-state index in [0.29, 0.717) is 12.0 Å². The smallest absolute Gasteiger partial charge is 0.331 e. The number of hydrogen-bond acceptors (Lipinski definition) is 2. The van der Waals surface area contributed by atoms with Gasteiger partial charge in [0, 0.05) is 5.57 Å². The summed E-state index contributed by atoms with van der Waals surface area (Å²) in [6.45, 7) is 3.57. The normalized spacial score (nSPS) is 11.9. The van der Waals surface area contributed by atoms with Gasteiger partial charge in [-0.1, -0.05) is 19.1 Å². The molecule has 0 aliphatic heterocycles. The van der Waals surface area contributed by atoms with Crippen LogP contribution in [-0.4, -0.2) is 18.2 Å². The van der Waals surface area contributed by atoms with Crippen molar-refractivity contribution in [1.82, 2.24) is 0 Å². The van der Waals surface area contributed by atoms with Crippen LogP contribution in [0.25, 0.3) is 5.57 Å². The summed E-state index contributed by atoms with van der Waals surface area (Å²) >= 11 is 0. The molecule has 0 atom stereocenters. The van der Waals surface area contributed by atoms with Gasteiger partial charge < -0.3 is 9.84 Å². The first-order valence-electron chi connectivity index (χ1n) is 5.17. The minimum absolute atomic E-state index is 0.385. The van der Waals surface area contributed by atoms with Crippen molar-refractivity contribution in [3.63, 3.8) is 0 Å². The maximum absolute atomic E-state index is 10.9. The largest absolute Gasteiger partial charge is 0.497 e. The van der Waals surface area contributed by atoms with E-state index in [2.05, 4.69) is 0 Å². The van der Waals surface area contributed by atoms with Gasteiger partial charge in [-0.2, -0.15) is 0 Å². The minimum Gasteiger partial charge on any atom is -0.497 e. The Labute approximate surface area is 95.4 Å². The first-order valence-corrected chi connectivity index (χ1v) is 5.17. The lowest BCUT2D eigenvalue weighted by Crippen LogP contribution is -2.00. The molecule has 1 aromatic carbocycles. The zero-order valence-corrected chi connectivity index (χ0v) is 9.78. The number of aliphatic carboxylic acids is 1. The second kappa shape index (κ2) is 5.35. The third-order valence-corrected chi connectivity index (χ3v) is 2.55. The summed E-state index contributed by atoms with van der Waals surface area (Å²) in [5.74, 6) is -0.138. The van der Waals surface area contributed by atoms with Crippen molar-refractivity contribution in [3.05, 3.63) is 35.4 Å². The maximum atomic E-state index is 10.9. The average molecular weight is 220 g/mol. The summed E-state index contributed by atoms with van der Waals surface area (Å²) in [5.41, 5.74) is 2.13. The Kier molecular flexibility index (Phi) is 4.11. The van der Waals surface area contributed by atoms with Gasteiger partial charge in [-0.3, -0.25) is 0 Å². The fraction of sp³-hybridized carbons (Fsp3) is 0.308. The van der Waals surface area contributed by atoms with Crippen LogP contribution < -0.4 is 4.74 Å². The van der Waals surface area contributed by atoms with Gasteiger partial charge in [0.1, 0.15) is 5.75 Å². The predicted molar refractivity (Wildman–Crippen MR) is 63.5 cm³/mol. The third kappa shape index (κ3) is 2.63. The van der Waals surface area contributed by atoms with Gasteiger partial charge in [0.2, 0.25) is 0 Å². The quantitative estimate of drug-likeness (QED) is 0.793. The van der Waals surface area contributed by atoms with E-state index in [1.165, 1.54) is 0 Å². The van der Waals surface area contributed by atoms with Gasteiger partial charge in [0.15, 0.2) is 0 Å². The van der Waals surface area contributed by atoms with Crippen molar-refractivity contribution in [2.45, 2.75) is 20.3 Å². The van der Waals surface area contributed by atoms with E-state index in [9.17, 15) is 4.79 Å². The van der Waals surface area contributed by atoms with Crippen molar-refractivity contribution in [1.29, 1.82) is 0 Å². The van der Waals surface area contributed by atoms with E-state index in [0.717, 1.165) is 16.9 Å². The molecule has 0 saturated carbocycles. The summed E-state index contributed by atoms with van der Waals surface area (Å²) in [7, 11) is 1.60. The number of allylic oxidation sites excluding steroid dienone is 1. The monoisotopic (exact) mass is 220 g/mol. The van der Waals surface area contributed by atoms with E-state index >= 15 is 0 Å². The average Bonchev–Trinajstić information content (AvgIpc) is 2.30. The Morgan fingerprint density at radius 1 is 1.44 bits per heavy atom. The molecule has 1 N–H and O–H groups in total. The molecule has 0 aliphatic carbocycles. The first-order chi connectivity index (χ1) is 7.60. The van der Waals surface area contributed by atoms with Crippen LogP contribution in [0.4, 0.5) is 0 Å². The number of carboxylic acids is 1. The Morgan fingerprint density at radius 2 is 2.12 bits per heavy atom. The molecule has 0 heterocycles. The van der Waals surface area contributed by atoms with Crippen molar-refractivity contribution in [2.24, 2.45) is 0 Å². The standard InChI is InChI=1S/C13H16O3/c1-4-12(9(2)13(14)15)10-6-5-7-11(8-10)16-3/h5-8H,4H2,1-3H3,(H,14,15)/b12-9-. The van der Waals surface area contributed by atoms with E-state index in [4.69, 9.17) is 9.84 Å². The van der Waals surface area contributed by atoms with Crippen LogP contribution in [0, 0.1) is 0 Å². The van der Waals surface area contributed by atoms with Crippen LogP contribution in [0.15, 0.2) is 29.8 Å². The molecule has 0 spiro atoms. The Hall–Kier alpha value is -1.77. The van der Waals surface area contributed by atoms with Crippen LogP contribution in [-0.2, 0) is 4.79 Å². The summed E-state index contributed by atoms with van der Waals surface area (Å²) in [6, 6.07) is 7.45. The second-order valence-electron chi connectivity index (χ2n) is 3.49. The van der Waals surface area contributed by atoms with Crippen LogP contribution in [0.3, 0.4) is 0 Å². The molecule has 0 radical (unpaired) electrons. The highest BCUT2D eigenvalue weighted by atomic mass is 16.5. The van der Waals surface area contributed by atoms with Crippen molar-refractivity contribution >= 4 is 11.5 Å². The molecule has 0 aliphatic rings. The van der Waals surface area contributed by atoms with Gasteiger partial charge in [0.25, 0.3) is 0 Å². The summed E-state index contributed by atoms with van der Waals surface area (Å²) < 4.78 is 5.12. The molecular formula is C13H16O3. The zero-order valence-electron chi connectivity index (χ0n) is 9.78. The van der Waals surface area contributed by atoms with Crippen molar-refractivity contribution in [2.75, 3.05) is 7.11 Å². The Morgan fingerprint density at radius 3 is 2.62 bits per heavy atom. The van der Waals surface area contributed by atoms with Gasteiger partial charge in [0.05, 0.1) is 7.11 Å². The molecule has 1 rings (SSSR count). The number of carbonyl (C=O) groups is 1. The third-order valence-electron chi connectivity index (χ3n) is 2.55. The van der Waals surface area contributed by atoms with Crippen molar-refractivity contribution in [3.8, 4) is 5.75 Å². The molecule has 0 saturated heterocycles. The van der Waals surface area contributed by atoms with E-state index in [1.54, 1.807) is 14.0 Å². The molecule has 86 valence electrons. The Balaban J connectivity index is 3.23. The highest BCUT2D eigenvalue weighted by Crippen LogP contribution is 2.25. The van der Waals surface area contributed by atoms with Crippen LogP contribution in [0.1, 0.15) is 25.8 Å². The number of carboxylic acid groups (broad SMARTS) is 1. The lowest BCUT2D eigenvalue weighted by Gasteiger charge is -2.09. The highest BCUT2D eigenvalue weighted by Gasteiger charge is 2.10. The van der Waals surface area contributed by atoms with Gasteiger partial charge >= 0.3 is 5.97 Å². The summed E-state index contributed by atoms with van der Waals surface area (Å²) in [6.07, 6.45) is 0.686. The molecule has 0 unspecified atom stereocenters. The lowest BCUT2D eigenvalue weighted by molar-refractivity contribution is -0.132. The molecule has 1 aromatic rings. The zero-order chi connectivity index (χ0) is 12.1. The molecule has 0 bridgehead atoms. The van der Waals surface area contributed by atoms with E-state index in [-0.39, 0.29) is 0 Å². The fourth-order valence-electron chi connectivity index (χ4n) is 1.63. The fourth-order valence-corrected chi connectivity index (χ4v) is 1.63. The molecule has 0 aromatic heterocycles. The number of methoxy groups -OCH3 is 1. The minimum atomic E-state index is -0.875. The molecule has 3 heteroatoms. The van der Waals surface area contributed by atoms with Gasteiger partial charge in [-0.05, 0) is 36.6 Å². The van der Waals surface area contributed by atoms with Crippen LogP contribution in [0.2, 0.25) is 0 Å². The SMILES string of the molecule is CC/C(=C(\C)C(=O)O)c1cccc(OC)c1. The van der Waals surface area contributed by atoms with E-state index < -0.39 is 5.97 Å². The van der Waals surface area contributed by atoms with Gasteiger partial charge in [-0.25, -0.2) is 4.79 Å².